The molecule has 4 nitrogen and oxygen atoms in total. The first kappa shape index (κ1) is 15.4. The zero-order valence-electron chi connectivity index (χ0n) is 11.3. The monoisotopic (exact) mass is 299 g/mol. The number of nitrogens with two attached hydrogens (primary N) is 2. The molecule has 4 N–H and O–H groups in total. The summed E-state index contributed by atoms with van der Waals surface area (Å²) in [5.41, 5.74) is 10.7. The average molecular weight is 299 g/mol. The van der Waals surface area contributed by atoms with E-state index in [1.807, 2.05) is 0 Å². The minimum atomic E-state index is -4.45. The molecule has 1 amide bonds. The van der Waals surface area contributed by atoms with E-state index in [2.05, 4.69) is 0 Å². The van der Waals surface area contributed by atoms with Crippen molar-refractivity contribution in [1.82, 2.24) is 4.90 Å². The van der Waals surface area contributed by atoms with E-state index in [-0.39, 0.29) is 17.8 Å². The summed E-state index contributed by atoms with van der Waals surface area (Å²) in [6, 6.07) is 3.81. The van der Waals surface area contributed by atoms with Gasteiger partial charge in [-0.2, -0.15) is 13.2 Å². The Bertz CT molecular complexity index is 581. The zero-order valence-corrected chi connectivity index (χ0v) is 11.3. The van der Waals surface area contributed by atoms with Crippen LogP contribution in [-0.4, -0.2) is 30.4 Å². The molecule has 1 aliphatic rings. The minimum Gasteiger partial charge on any atom is -0.399 e. The summed E-state index contributed by atoms with van der Waals surface area (Å²) in [5.74, 6) is -0.449. The van der Waals surface area contributed by atoms with Crippen LogP contribution >= 0.6 is 0 Å². The molecule has 1 aliphatic heterocycles. The Hall–Kier alpha value is -2.02. The smallest absolute Gasteiger partial charge is 0.399 e. The molecule has 0 fully saturated rings. The van der Waals surface area contributed by atoms with E-state index in [4.69, 9.17) is 11.5 Å². The van der Waals surface area contributed by atoms with Crippen molar-refractivity contribution in [2.45, 2.75) is 12.6 Å². The molecule has 0 bridgehead atoms. The average Bonchev–Trinajstić information content (AvgIpc) is 2.38. The van der Waals surface area contributed by atoms with Crippen molar-refractivity contribution in [3.63, 3.8) is 0 Å². The fourth-order valence-corrected chi connectivity index (χ4v) is 2.40. The largest absolute Gasteiger partial charge is 0.417 e. The van der Waals surface area contributed by atoms with E-state index in [1.54, 1.807) is 11.0 Å². The first-order valence-corrected chi connectivity index (χ1v) is 6.44. The molecule has 0 saturated heterocycles. The predicted octanol–water partition coefficient (Wildman–Crippen LogP) is 1.86. The highest BCUT2D eigenvalue weighted by Crippen LogP contribution is 2.37. The second-order valence-electron chi connectivity index (χ2n) is 4.98. The van der Waals surface area contributed by atoms with Crippen LogP contribution in [-0.2, 0) is 11.0 Å². The van der Waals surface area contributed by atoms with Crippen molar-refractivity contribution in [1.29, 1.82) is 0 Å². The van der Waals surface area contributed by atoms with Crippen molar-refractivity contribution in [3.05, 3.63) is 35.4 Å². The fourth-order valence-electron chi connectivity index (χ4n) is 2.40. The van der Waals surface area contributed by atoms with Gasteiger partial charge in [0.05, 0.1) is 12.1 Å². The van der Waals surface area contributed by atoms with Crippen LogP contribution in [0.2, 0.25) is 0 Å². The van der Waals surface area contributed by atoms with Gasteiger partial charge in [-0.15, -0.1) is 0 Å². The SMILES string of the molecule is NC(=O)CN1CC=C(c2ccc(N)cc2C(F)(F)F)CC1. The van der Waals surface area contributed by atoms with E-state index in [1.165, 1.54) is 12.1 Å². The minimum absolute atomic E-state index is 0.0813. The Morgan fingerprint density at radius 2 is 2.05 bits per heavy atom. The Labute approximate surface area is 120 Å². The number of alkyl halides is 3. The van der Waals surface area contributed by atoms with Gasteiger partial charge in [-0.3, -0.25) is 9.69 Å². The molecular formula is C14H16F3N3O. The maximum absolute atomic E-state index is 13.1. The van der Waals surface area contributed by atoms with Crippen molar-refractivity contribution in [2.24, 2.45) is 5.73 Å². The number of hydrogen-bond acceptors (Lipinski definition) is 3. The molecule has 0 aromatic heterocycles. The Kier molecular flexibility index (Phi) is 4.22. The van der Waals surface area contributed by atoms with Gasteiger partial charge in [0.15, 0.2) is 0 Å². The number of carbonyl (C=O) groups excluding carboxylic acids is 1. The van der Waals surface area contributed by atoms with E-state index >= 15 is 0 Å². The molecule has 2 rings (SSSR count). The highest BCUT2D eigenvalue weighted by atomic mass is 19.4. The number of hydrogen-bond donors (Lipinski definition) is 2. The van der Waals surface area contributed by atoms with Gasteiger partial charge in [0.1, 0.15) is 0 Å². The van der Waals surface area contributed by atoms with Gasteiger partial charge < -0.3 is 11.5 Å². The summed E-state index contributed by atoms with van der Waals surface area (Å²) in [5, 5.41) is 0. The van der Waals surface area contributed by atoms with Crippen LogP contribution in [0.1, 0.15) is 17.5 Å². The molecule has 114 valence electrons. The van der Waals surface area contributed by atoms with Crippen molar-refractivity contribution in [2.75, 3.05) is 25.4 Å². The summed E-state index contributed by atoms with van der Waals surface area (Å²) >= 11 is 0. The van der Waals surface area contributed by atoms with Crippen molar-refractivity contribution in [3.8, 4) is 0 Å². The molecule has 1 aromatic carbocycles. The second kappa shape index (κ2) is 5.77. The third-order valence-electron chi connectivity index (χ3n) is 3.37. The summed E-state index contributed by atoms with van der Waals surface area (Å²) in [7, 11) is 0. The molecular weight excluding hydrogens is 283 g/mol. The van der Waals surface area contributed by atoms with E-state index < -0.39 is 17.6 Å². The molecule has 0 radical (unpaired) electrons. The zero-order chi connectivity index (χ0) is 15.6. The lowest BCUT2D eigenvalue weighted by Crippen LogP contribution is -2.36. The predicted molar refractivity (Wildman–Crippen MR) is 74.1 cm³/mol. The topological polar surface area (TPSA) is 72.4 Å². The number of halogens is 3. The van der Waals surface area contributed by atoms with Gasteiger partial charge in [0.25, 0.3) is 0 Å². The van der Waals surface area contributed by atoms with E-state index in [0.717, 1.165) is 6.07 Å². The molecule has 0 saturated carbocycles. The number of rotatable bonds is 3. The third kappa shape index (κ3) is 3.75. The molecule has 0 spiro atoms. The summed E-state index contributed by atoms with van der Waals surface area (Å²) in [4.78, 5) is 12.6. The molecule has 21 heavy (non-hydrogen) atoms. The van der Waals surface area contributed by atoms with Crippen LogP contribution < -0.4 is 11.5 Å². The molecule has 1 aromatic rings. The van der Waals surface area contributed by atoms with E-state index in [0.29, 0.717) is 25.1 Å². The van der Waals surface area contributed by atoms with Crippen LogP contribution in [0.5, 0.6) is 0 Å². The number of nitrogens with zero attached hydrogens (tertiary/aromatic N) is 1. The highest BCUT2D eigenvalue weighted by molar-refractivity contribution is 5.76. The normalized spacial score (nSPS) is 16.6. The molecule has 0 aliphatic carbocycles. The maximum Gasteiger partial charge on any atom is 0.417 e. The van der Waals surface area contributed by atoms with Gasteiger partial charge in [-0.05, 0) is 29.7 Å². The molecule has 0 atom stereocenters. The van der Waals surface area contributed by atoms with Crippen molar-refractivity contribution >= 4 is 17.2 Å². The van der Waals surface area contributed by atoms with Gasteiger partial charge in [-0.1, -0.05) is 12.1 Å². The Morgan fingerprint density at radius 3 is 2.57 bits per heavy atom. The third-order valence-corrected chi connectivity index (χ3v) is 3.37. The summed E-state index contributed by atoms with van der Waals surface area (Å²) < 4.78 is 39.2. The lowest BCUT2D eigenvalue weighted by atomic mass is 9.94. The highest BCUT2D eigenvalue weighted by Gasteiger charge is 2.34. The van der Waals surface area contributed by atoms with Crippen LogP contribution in [0.4, 0.5) is 18.9 Å². The van der Waals surface area contributed by atoms with Crippen LogP contribution in [0.3, 0.4) is 0 Å². The summed E-state index contributed by atoms with van der Waals surface area (Å²) in [6.45, 7) is 1.01. The van der Waals surface area contributed by atoms with Crippen molar-refractivity contribution < 1.29 is 18.0 Å². The Morgan fingerprint density at radius 1 is 1.33 bits per heavy atom. The second-order valence-corrected chi connectivity index (χ2v) is 4.98. The quantitative estimate of drug-likeness (QED) is 0.837. The van der Waals surface area contributed by atoms with Gasteiger partial charge >= 0.3 is 6.18 Å². The molecule has 0 unspecified atom stereocenters. The fraction of sp³-hybridized carbons (Fsp3) is 0.357. The Balaban J connectivity index is 2.27. The number of amides is 1. The number of anilines is 1. The van der Waals surface area contributed by atoms with Crippen LogP contribution in [0, 0.1) is 0 Å². The number of benzene rings is 1. The van der Waals surface area contributed by atoms with Crippen LogP contribution in [0.25, 0.3) is 5.57 Å². The van der Waals surface area contributed by atoms with Gasteiger partial charge in [0, 0.05) is 18.8 Å². The van der Waals surface area contributed by atoms with Crippen LogP contribution in [0.15, 0.2) is 24.3 Å². The first-order valence-electron chi connectivity index (χ1n) is 6.44. The standard InChI is InChI=1S/C14H16F3N3O/c15-14(16,17)12-7-10(18)1-2-11(12)9-3-5-20(6-4-9)8-13(19)21/h1-3,7H,4-6,8,18H2,(H2,19,21). The van der Waals surface area contributed by atoms with Gasteiger partial charge in [-0.25, -0.2) is 0 Å². The lowest BCUT2D eigenvalue weighted by Gasteiger charge is -2.26. The number of carbonyl (C=O) groups is 1. The van der Waals surface area contributed by atoms with Gasteiger partial charge in [0.2, 0.25) is 5.91 Å². The first-order chi connectivity index (χ1) is 9.77. The van der Waals surface area contributed by atoms with E-state index in [9.17, 15) is 18.0 Å². The maximum atomic E-state index is 13.1. The molecule has 1 heterocycles. The summed E-state index contributed by atoms with van der Waals surface area (Å²) in [6.07, 6.45) is -2.32. The number of nitrogen functional groups attached to an aromatic ring is 1. The molecule has 7 heteroatoms. The number of primary amides is 1. The lowest BCUT2D eigenvalue weighted by molar-refractivity contribution is -0.137.